The number of likely N-dealkylation sites (N-methyl/N-ethyl adjacent to an activating group) is 1. The van der Waals surface area contributed by atoms with Gasteiger partial charge in [-0.3, -0.25) is 0 Å². The maximum absolute atomic E-state index is 12.3. The van der Waals surface area contributed by atoms with Crippen LogP contribution >= 0.6 is 0 Å². The maximum atomic E-state index is 12.3. The molecule has 0 aliphatic heterocycles. The number of nitrogens with zero attached hydrogens (tertiary/aromatic N) is 1. The Hall–Kier alpha value is -1.40. The zero-order valence-electron chi connectivity index (χ0n) is 12.3. The summed E-state index contributed by atoms with van der Waals surface area (Å²) >= 11 is 0. The van der Waals surface area contributed by atoms with Gasteiger partial charge in [-0.1, -0.05) is 6.07 Å². The van der Waals surface area contributed by atoms with E-state index in [1.807, 2.05) is 20.2 Å². The van der Waals surface area contributed by atoms with E-state index in [2.05, 4.69) is 21.9 Å². The fourth-order valence-electron chi connectivity index (χ4n) is 1.92. The second kappa shape index (κ2) is 8.01. The first kappa shape index (κ1) is 16.7. The highest BCUT2D eigenvalue weighted by Gasteiger charge is 2.11. The SMILES string of the molecule is COc1ccc(CNC(C)CN(C)C)cc1OC(F)F. The number of hydrogen-bond donors (Lipinski definition) is 1. The molecule has 0 radical (unpaired) electrons. The third kappa shape index (κ3) is 5.71. The minimum atomic E-state index is -2.86. The number of methoxy groups -OCH3 is 1. The molecular formula is C14H22F2N2O2. The van der Waals surface area contributed by atoms with E-state index >= 15 is 0 Å². The van der Waals surface area contributed by atoms with Crippen LogP contribution in [0.1, 0.15) is 12.5 Å². The summed E-state index contributed by atoms with van der Waals surface area (Å²) in [5, 5.41) is 3.32. The third-order valence-corrected chi connectivity index (χ3v) is 2.74. The van der Waals surface area contributed by atoms with Crippen LogP contribution in [0.5, 0.6) is 11.5 Å². The van der Waals surface area contributed by atoms with Gasteiger partial charge in [0.05, 0.1) is 7.11 Å². The van der Waals surface area contributed by atoms with Crippen LogP contribution in [0.15, 0.2) is 18.2 Å². The molecule has 0 spiro atoms. The first-order valence-corrected chi connectivity index (χ1v) is 6.42. The van der Waals surface area contributed by atoms with Gasteiger partial charge in [0.1, 0.15) is 0 Å². The molecule has 1 unspecified atom stereocenters. The number of rotatable bonds is 8. The monoisotopic (exact) mass is 288 g/mol. The summed E-state index contributed by atoms with van der Waals surface area (Å²) in [7, 11) is 5.42. The van der Waals surface area contributed by atoms with E-state index in [-0.39, 0.29) is 5.75 Å². The number of alkyl halides is 2. The Morgan fingerprint density at radius 3 is 2.50 bits per heavy atom. The molecule has 114 valence electrons. The van der Waals surface area contributed by atoms with Gasteiger partial charge in [-0.2, -0.15) is 8.78 Å². The van der Waals surface area contributed by atoms with Crippen LogP contribution < -0.4 is 14.8 Å². The van der Waals surface area contributed by atoms with Crippen LogP contribution in [-0.4, -0.2) is 45.3 Å². The van der Waals surface area contributed by atoms with Crippen molar-refractivity contribution in [3.63, 3.8) is 0 Å². The summed E-state index contributed by atoms with van der Waals surface area (Å²) < 4.78 is 34.1. The third-order valence-electron chi connectivity index (χ3n) is 2.74. The topological polar surface area (TPSA) is 33.7 Å². The van der Waals surface area contributed by atoms with Crippen LogP contribution in [-0.2, 0) is 6.54 Å². The quantitative estimate of drug-likeness (QED) is 0.796. The lowest BCUT2D eigenvalue weighted by atomic mass is 10.2. The molecule has 0 bridgehead atoms. The van der Waals surface area contributed by atoms with Crippen LogP contribution in [0, 0.1) is 0 Å². The summed E-state index contributed by atoms with van der Waals surface area (Å²) in [6.45, 7) is 0.690. The van der Waals surface area contributed by atoms with Crippen LogP contribution in [0.4, 0.5) is 8.78 Å². The number of benzene rings is 1. The van der Waals surface area contributed by atoms with E-state index in [0.717, 1.165) is 12.1 Å². The van der Waals surface area contributed by atoms with Crippen LogP contribution in [0.2, 0.25) is 0 Å². The molecule has 0 amide bonds. The van der Waals surface area contributed by atoms with Gasteiger partial charge in [0.25, 0.3) is 0 Å². The van der Waals surface area contributed by atoms with Crippen molar-refractivity contribution in [2.24, 2.45) is 0 Å². The predicted octanol–water partition coefficient (Wildman–Crippen LogP) is 2.34. The summed E-state index contributed by atoms with van der Waals surface area (Å²) in [6, 6.07) is 5.32. The van der Waals surface area contributed by atoms with Gasteiger partial charge in [0, 0.05) is 19.1 Å². The maximum Gasteiger partial charge on any atom is 0.387 e. The molecule has 0 fully saturated rings. The summed E-state index contributed by atoms with van der Waals surface area (Å²) in [5.41, 5.74) is 0.868. The fourth-order valence-corrected chi connectivity index (χ4v) is 1.92. The first-order valence-electron chi connectivity index (χ1n) is 6.42. The minimum Gasteiger partial charge on any atom is -0.493 e. The predicted molar refractivity (Wildman–Crippen MR) is 74.5 cm³/mol. The molecule has 1 aromatic carbocycles. The first-order chi connectivity index (χ1) is 9.42. The zero-order chi connectivity index (χ0) is 15.1. The van der Waals surface area contributed by atoms with Crippen molar-refractivity contribution in [2.45, 2.75) is 26.1 Å². The Bertz CT molecular complexity index is 414. The van der Waals surface area contributed by atoms with Gasteiger partial charge in [0.15, 0.2) is 11.5 Å². The van der Waals surface area contributed by atoms with Gasteiger partial charge in [0.2, 0.25) is 0 Å². The Morgan fingerprint density at radius 1 is 1.25 bits per heavy atom. The Balaban J connectivity index is 2.66. The van der Waals surface area contributed by atoms with Gasteiger partial charge in [-0.05, 0) is 38.7 Å². The minimum absolute atomic E-state index is 0.0575. The molecule has 1 aromatic rings. The molecule has 0 aliphatic rings. The average molecular weight is 288 g/mol. The summed E-state index contributed by atoms with van der Waals surface area (Å²) in [5.74, 6) is 0.359. The number of nitrogens with one attached hydrogen (secondary N) is 1. The highest BCUT2D eigenvalue weighted by molar-refractivity contribution is 5.43. The molecule has 1 atom stereocenters. The van der Waals surface area contributed by atoms with Crippen molar-refractivity contribution < 1.29 is 18.3 Å². The van der Waals surface area contributed by atoms with Gasteiger partial charge in [-0.15, -0.1) is 0 Å². The number of halogens is 2. The molecular weight excluding hydrogens is 266 g/mol. The Kier molecular flexibility index (Phi) is 6.67. The molecule has 0 aliphatic carbocycles. The molecule has 1 N–H and O–H groups in total. The Morgan fingerprint density at radius 2 is 1.95 bits per heavy atom. The van der Waals surface area contributed by atoms with E-state index in [0.29, 0.717) is 18.3 Å². The highest BCUT2D eigenvalue weighted by Crippen LogP contribution is 2.29. The molecule has 0 saturated heterocycles. The molecule has 20 heavy (non-hydrogen) atoms. The van der Waals surface area contributed by atoms with Gasteiger partial charge < -0.3 is 19.7 Å². The lowest BCUT2D eigenvalue weighted by Crippen LogP contribution is -2.35. The normalized spacial score (nSPS) is 12.8. The van der Waals surface area contributed by atoms with E-state index in [1.165, 1.54) is 7.11 Å². The Labute approximate surface area is 118 Å². The van der Waals surface area contributed by atoms with Crippen LogP contribution in [0.3, 0.4) is 0 Å². The molecule has 0 saturated carbocycles. The van der Waals surface area contributed by atoms with Crippen molar-refractivity contribution in [3.05, 3.63) is 23.8 Å². The van der Waals surface area contributed by atoms with Crippen LogP contribution in [0.25, 0.3) is 0 Å². The van der Waals surface area contributed by atoms with Gasteiger partial charge >= 0.3 is 6.61 Å². The summed E-state index contributed by atoms with van der Waals surface area (Å²) in [6.07, 6.45) is 0. The van der Waals surface area contributed by atoms with Crippen molar-refractivity contribution in [1.29, 1.82) is 0 Å². The molecule has 4 nitrogen and oxygen atoms in total. The molecule has 6 heteroatoms. The van der Waals surface area contributed by atoms with E-state index in [1.54, 1.807) is 12.1 Å². The standard InChI is InChI=1S/C14H22F2N2O2/c1-10(9-18(2)3)17-8-11-5-6-12(19-4)13(7-11)20-14(15)16/h5-7,10,14,17H,8-9H2,1-4H3. The zero-order valence-corrected chi connectivity index (χ0v) is 12.3. The van der Waals surface area contributed by atoms with Crippen molar-refractivity contribution in [2.75, 3.05) is 27.7 Å². The van der Waals surface area contributed by atoms with Crippen molar-refractivity contribution in [1.82, 2.24) is 10.2 Å². The molecule has 1 rings (SSSR count). The summed E-state index contributed by atoms with van der Waals surface area (Å²) in [4.78, 5) is 2.08. The molecule has 0 aromatic heterocycles. The van der Waals surface area contributed by atoms with Gasteiger partial charge in [-0.25, -0.2) is 0 Å². The van der Waals surface area contributed by atoms with Crippen molar-refractivity contribution in [3.8, 4) is 11.5 Å². The van der Waals surface area contributed by atoms with E-state index in [4.69, 9.17) is 4.74 Å². The average Bonchev–Trinajstić information content (AvgIpc) is 2.35. The molecule has 0 heterocycles. The lowest BCUT2D eigenvalue weighted by molar-refractivity contribution is -0.0512. The second-order valence-electron chi connectivity index (χ2n) is 4.91. The number of ether oxygens (including phenoxy) is 2. The van der Waals surface area contributed by atoms with E-state index in [9.17, 15) is 8.78 Å². The van der Waals surface area contributed by atoms with Crippen molar-refractivity contribution >= 4 is 0 Å². The number of hydrogen-bond acceptors (Lipinski definition) is 4. The smallest absolute Gasteiger partial charge is 0.387 e. The lowest BCUT2D eigenvalue weighted by Gasteiger charge is -2.19. The largest absolute Gasteiger partial charge is 0.493 e. The fraction of sp³-hybridized carbons (Fsp3) is 0.571. The highest BCUT2D eigenvalue weighted by atomic mass is 19.3. The second-order valence-corrected chi connectivity index (χ2v) is 4.91. The van der Waals surface area contributed by atoms with E-state index < -0.39 is 6.61 Å².